The van der Waals surface area contributed by atoms with Gasteiger partial charge in [-0.1, -0.05) is 0 Å². The lowest BCUT2D eigenvalue weighted by atomic mass is 10.1. The van der Waals surface area contributed by atoms with Gasteiger partial charge in [0.2, 0.25) is 0 Å². The SMILES string of the molecule is Cn1cc2c3cc(C(=O)NC4(Cc5nc[nH]n5)CC4)ccc3n(-c3ccc(C(F)(F)F)cc3)c2n1. The van der Waals surface area contributed by atoms with E-state index >= 15 is 0 Å². The fourth-order valence-electron chi connectivity index (χ4n) is 4.53. The number of alkyl halides is 3. The van der Waals surface area contributed by atoms with Crippen LogP contribution in [-0.4, -0.2) is 41.0 Å². The molecule has 1 fully saturated rings. The van der Waals surface area contributed by atoms with Crippen LogP contribution >= 0.6 is 0 Å². The molecule has 0 spiro atoms. The second kappa shape index (κ2) is 7.42. The van der Waals surface area contributed by atoms with E-state index in [2.05, 4.69) is 25.6 Å². The first-order valence-electron chi connectivity index (χ1n) is 11.1. The Morgan fingerprint density at radius 3 is 2.57 bits per heavy atom. The van der Waals surface area contributed by atoms with E-state index in [-0.39, 0.29) is 11.4 Å². The first-order valence-corrected chi connectivity index (χ1v) is 11.1. The van der Waals surface area contributed by atoms with Crippen LogP contribution in [0.1, 0.15) is 34.6 Å². The van der Waals surface area contributed by atoms with Crippen LogP contribution in [0.2, 0.25) is 0 Å². The molecule has 2 N–H and O–H groups in total. The summed E-state index contributed by atoms with van der Waals surface area (Å²) in [6.45, 7) is 0. The number of nitrogens with one attached hydrogen (secondary N) is 2. The molecule has 0 radical (unpaired) electrons. The van der Waals surface area contributed by atoms with Crippen LogP contribution < -0.4 is 5.32 Å². The van der Waals surface area contributed by atoms with Crippen LogP contribution in [0.4, 0.5) is 13.2 Å². The van der Waals surface area contributed by atoms with Crippen molar-refractivity contribution in [1.29, 1.82) is 0 Å². The number of nitrogens with zero attached hydrogens (tertiary/aromatic N) is 5. The van der Waals surface area contributed by atoms with E-state index in [0.717, 1.165) is 41.3 Å². The summed E-state index contributed by atoms with van der Waals surface area (Å²) in [7, 11) is 1.78. The smallest absolute Gasteiger partial charge is 0.346 e. The zero-order chi connectivity index (χ0) is 24.4. The Bertz CT molecular complexity index is 1560. The van der Waals surface area contributed by atoms with E-state index < -0.39 is 11.7 Å². The molecule has 2 aromatic carbocycles. The van der Waals surface area contributed by atoms with Gasteiger partial charge in [0.05, 0.1) is 11.1 Å². The molecular formula is C24H20F3N7O. The lowest BCUT2D eigenvalue weighted by Crippen LogP contribution is -2.38. The Morgan fingerprint density at radius 1 is 1.14 bits per heavy atom. The molecule has 178 valence electrons. The highest BCUT2D eigenvalue weighted by atomic mass is 19.4. The lowest BCUT2D eigenvalue weighted by Gasteiger charge is -2.16. The number of fused-ring (bicyclic) bond motifs is 3. The number of aromatic amines is 1. The third-order valence-electron chi connectivity index (χ3n) is 6.46. The van der Waals surface area contributed by atoms with Gasteiger partial charge in [-0.05, 0) is 55.3 Å². The number of hydrogen-bond donors (Lipinski definition) is 2. The molecule has 35 heavy (non-hydrogen) atoms. The van der Waals surface area contributed by atoms with Crippen molar-refractivity contribution in [3.05, 3.63) is 71.9 Å². The van der Waals surface area contributed by atoms with Gasteiger partial charge in [0.25, 0.3) is 5.91 Å². The number of halogens is 3. The number of rotatable bonds is 5. The zero-order valence-corrected chi connectivity index (χ0v) is 18.6. The summed E-state index contributed by atoms with van der Waals surface area (Å²) in [6, 6.07) is 10.3. The third kappa shape index (κ3) is 3.72. The summed E-state index contributed by atoms with van der Waals surface area (Å²) in [5.74, 6) is 0.461. The van der Waals surface area contributed by atoms with Crippen LogP contribution in [0.15, 0.2) is 55.0 Å². The number of carbonyl (C=O) groups is 1. The van der Waals surface area contributed by atoms with Crippen molar-refractivity contribution in [2.75, 3.05) is 0 Å². The molecule has 1 saturated carbocycles. The number of benzene rings is 2. The maximum atomic E-state index is 13.1. The maximum Gasteiger partial charge on any atom is 0.416 e. The van der Waals surface area contributed by atoms with Gasteiger partial charge >= 0.3 is 6.18 Å². The number of aromatic nitrogens is 6. The molecule has 0 saturated heterocycles. The number of hydrogen-bond acceptors (Lipinski definition) is 4. The quantitative estimate of drug-likeness (QED) is 0.396. The van der Waals surface area contributed by atoms with Crippen molar-refractivity contribution in [1.82, 2.24) is 34.8 Å². The first kappa shape index (κ1) is 21.4. The molecule has 1 aliphatic rings. The normalized spacial score (nSPS) is 15.1. The molecule has 6 rings (SSSR count). The van der Waals surface area contributed by atoms with Crippen molar-refractivity contribution in [3.8, 4) is 5.69 Å². The molecule has 8 nitrogen and oxygen atoms in total. The van der Waals surface area contributed by atoms with Crippen LogP contribution in [-0.2, 0) is 19.6 Å². The average Bonchev–Trinajstić information content (AvgIpc) is 3.12. The fraction of sp³-hybridized carbons (Fsp3) is 0.250. The number of carbonyl (C=O) groups excluding carboxylic acids is 1. The molecule has 0 bridgehead atoms. The van der Waals surface area contributed by atoms with Gasteiger partial charge in [-0.25, -0.2) is 4.98 Å². The topological polar surface area (TPSA) is 93.4 Å². The Labute approximate surface area is 196 Å². The monoisotopic (exact) mass is 479 g/mol. The lowest BCUT2D eigenvalue weighted by molar-refractivity contribution is -0.137. The zero-order valence-electron chi connectivity index (χ0n) is 18.6. The summed E-state index contributed by atoms with van der Waals surface area (Å²) in [4.78, 5) is 17.3. The van der Waals surface area contributed by atoms with E-state index in [4.69, 9.17) is 0 Å². The van der Waals surface area contributed by atoms with E-state index in [1.165, 1.54) is 18.5 Å². The number of H-pyrrole nitrogens is 1. The van der Waals surface area contributed by atoms with Crippen molar-refractivity contribution in [3.63, 3.8) is 0 Å². The van der Waals surface area contributed by atoms with Gasteiger partial charge in [-0.3, -0.25) is 19.1 Å². The molecule has 1 amide bonds. The second-order valence-corrected chi connectivity index (χ2v) is 8.98. The van der Waals surface area contributed by atoms with E-state index in [9.17, 15) is 18.0 Å². The van der Waals surface area contributed by atoms with Crippen molar-refractivity contribution >= 4 is 27.8 Å². The molecule has 11 heteroatoms. The van der Waals surface area contributed by atoms with Gasteiger partial charge in [-0.2, -0.15) is 23.4 Å². The molecule has 3 aromatic heterocycles. The van der Waals surface area contributed by atoms with Crippen molar-refractivity contribution in [2.45, 2.75) is 31.0 Å². The number of amides is 1. The maximum absolute atomic E-state index is 13.1. The first-order chi connectivity index (χ1) is 16.7. The highest BCUT2D eigenvalue weighted by Crippen LogP contribution is 2.39. The molecule has 0 aliphatic heterocycles. The highest BCUT2D eigenvalue weighted by Gasteiger charge is 2.45. The molecule has 1 aliphatic carbocycles. The summed E-state index contributed by atoms with van der Waals surface area (Å²) in [5, 5.41) is 16.0. The third-order valence-corrected chi connectivity index (χ3v) is 6.46. The van der Waals surface area contributed by atoms with Gasteiger partial charge in [0.15, 0.2) is 11.5 Å². The second-order valence-electron chi connectivity index (χ2n) is 8.98. The van der Waals surface area contributed by atoms with Crippen LogP contribution in [0, 0.1) is 0 Å². The Balaban J connectivity index is 1.37. The van der Waals surface area contributed by atoms with Gasteiger partial charge in [0.1, 0.15) is 6.33 Å². The minimum atomic E-state index is -4.41. The summed E-state index contributed by atoms with van der Waals surface area (Å²) < 4.78 is 42.6. The Hall–Kier alpha value is -4.15. The molecule has 3 heterocycles. The van der Waals surface area contributed by atoms with Crippen molar-refractivity contribution in [2.24, 2.45) is 7.05 Å². The van der Waals surface area contributed by atoms with Crippen LogP contribution in [0.3, 0.4) is 0 Å². The average molecular weight is 479 g/mol. The van der Waals surface area contributed by atoms with Crippen LogP contribution in [0.25, 0.3) is 27.6 Å². The van der Waals surface area contributed by atoms with E-state index in [1.54, 1.807) is 34.5 Å². The van der Waals surface area contributed by atoms with Gasteiger partial charge in [0, 0.05) is 47.2 Å². The standard InChI is InChI=1S/C24H20F3N7O/c1-33-12-18-17-10-14(22(35)30-23(8-9-23)11-20-28-13-29-31-20)2-7-19(17)34(21(18)32-33)16-5-3-15(4-6-16)24(25,26)27/h2-7,10,12-13H,8-9,11H2,1H3,(H,30,35)(H,28,29,31). The minimum absolute atomic E-state index is 0.195. The van der Waals surface area contributed by atoms with E-state index in [1.807, 2.05) is 6.20 Å². The number of aryl methyl sites for hydroxylation is 1. The molecule has 0 atom stereocenters. The summed E-state index contributed by atoms with van der Waals surface area (Å²) >= 11 is 0. The van der Waals surface area contributed by atoms with Gasteiger partial charge in [-0.15, -0.1) is 0 Å². The molecule has 5 aromatic rings. The van der Waals surface area contributed by atoms with Crippen LogP contribution in [0.5, 0.6) is 0 Å². The Kier molecular flexibility index (Phi) is 4.54. The fourth-order valence-corrected chi connectivity index (χ4v) is 4.53. The minimum Gasteiger partial charge on any atom is -0.346 e. The summed E-state index contributed by atoms with van der Waals surface area (Å²) in [5.41, 5.74) is 1.34. The molecular weight excluding hydrogens is 459 g/mol. The highest BCUT2D eigenvalue weighted by molar-refractivity contribution is 6.10. The van der Waals surface area contributed by atoms with Crippen molar-refractivity contribution < 1.29 is 18.0 Å². The van der Waals surface area contributed by atoms with Gasteiger partial charge < -0.3 is 5.32 Å². The predicted molar refractivity (Wildman–Crippen MR) is 122 cm³/mol. The molecule has 0 unspecified atom stereocenters. The predicted octanol–water partition coefficient (Wildman–Crippen LogP) is 4.16. The summed E-state index contributed by atoms with van der Waals surface area (Å²) in [6.07, 6.45) is 1.21. The van der Waals surface area contributed by atoms with E-state index in [0.29, 0.717) is 29.1 Å². The Morgan fingerprint density at radius 2 is 1.91 bits per heavy atom. The largest absolute Gasteiger partial charge is 0.416 e.